The van der Waals surface area contributed by atoms with Crippen LogP contribution in [-0.2, 0) is 17.8 Å². The van der Waals surface area contributed by atoms with E-state index in [1.165, 1.54) is 10.1 Å². The molecular formula is C19H22N4O3. The van der Waals surface area contributed by atoms with Crippen LogP contribution >= 0.6 is 0 Å². The van der Waals surface area contributed by atoms with E-state index in [4.69, 9.17) is 4.52 Å². The number of rotatable bonds is 6. The number of nitrogens with zero attached hydrogens (tertiary/aromatic N) is 3. The van der Waals surface area contributed by atoms with Crippen molar-refractivity contribution in [1.82, 2.24) is 20.0 Å². The Bertz CT molecular complexity index is 976. The molecule has 0 saturated carbocycles. The van der Waals surface area contributed by atoms with Crippen LogP contribution in [0.4, 0.5) is 0 Å². The molecule has 3 aromatic rings. The molecule has 2 heterocycles. The number of hydrogen-bond donors (Lipinski definition) is 1. The van der Waals surface area contributed by atoms with Crippen LogP contribution < -0.4 is 10.9 Å². The lowest BCUT2D eigenvalue weighted by atomic mass is 10.1. The third kappa shape index (κ3) is 3.82. The van der Waals surface area contributed by atoms with Gasteiger partial charge in [-0.3, -0.25) is 14.2 Å². The molecule has 7 nitrogen and oxygen atoms in total. The summed E-state index contributed by atoms with van der Waals surface area (Å²) in [6.07, 6.45) is 1.71. The molecule has 0 aliphatic carbocycles. The molecule has 1 atom stereocenters. The molecule has 1 N–H and O–H groups in total. The molecule has 0 unspecified atom stereocenters. The smallest absolute Gasteiger partial charge is 0.267 e. The Morgan fingerprint density at radius 1 is 1.27 bits per heavy atom. The third-order valence-electron chi connectivity index (χ3n) is 4.38. The van der Waals surface area contributed by atoms with Crippen molar-refractivity contribution in [1.29, 1.82) is 0 Å². The van der Waals surface area contributed by atoms with Gasteiger partial charge in [0.2, 0.25) is 5.91 Å². The van der Waals surface area contributed by atoms with E-state index in [9.17, 15) is 9.59 Å². The van der Waals surface area contributed by atoms with Gasteiger partial charge in [-0.15, -0.1) is 0 Å². The number of amides is 1. The van der Waals surface area contributed by atoms with Gasteiger partial charge >= 0.3 is 0 Å². The molecule has 136 valence electrons. The molecule has 0 saturated heterocycles. The van der Waals surface area contributed by atoms with Gasteiger partial charge in [0.05, 0.1) is 5.69 Å². The Kier molecular flexibility index (Phi) is 5.16. The first-order chi connectivity index (χ1) is 12.5. The van der Waals surface area contributed by atoms with Crippen molar-refractivity contribution < 1.29 is 9.32 Å². The average Bonchev–Trinajstić information content (AvgIpc) is 2.98. The lowest BCUT2D eigenvalue weighted by molar-refractivity contribution is -0.122. The second-order valence-electron chi connectivity index (χ2n) is 6.49. The van der Waals surface area contributed by atoms with E-state index in [1.807, 2.05) is 25.1 Å². The number of nitrogens with one attached hydrogen (secondary N) is 1. The summed E-state index contributed by atoms with van der Waals surface area (Å²) in [7, 11) is 0. The molecule has 3 rings (SSSR count). The fraction of sp³-hybridized carbons (Fsp3) is 0.368. The number of benzene rings is 1. The topological polar surface area (TPSA) is 90.0 Å². The SMILES string of the molecule is Cc1noc2nc(C)n(CC(=O)N[C@@H](C)CCc3ccccc3)c(=O)c12. The van der Waals surface area contributed by atoms with Crippen LogP contribution in [0, 0.1) is 13.8 Å². The molecule has 7 heteroatoms. The molecule has 1 aromatic carbocycles. The van der Waals surface area contributed by atoms with E-state index in [-0.39, 0.29) is 29.8 Å². The van der Waals surface area contributed by atoms with E-state index in [1.54, 1.807) is 13.8 Å². The average molecular weight is 354 g/mol. The summed E-state index contributed by atoms with van der Waals surface area (Å²) in [5.41, 5.74) is 1.61. The zero-order valence-corrected chi connectivity index (χ0v) is 15.2. The number of fused-ring (bicyclic) bond motifs is 1. The monoisotopic (exact) mass is 354 g/mol. The molecule has 26 heavy (non-hydrogen) atoms. The van der Waals surface area contributed by atoms with Crippen molar-refractivity contribution >= 4 is 17.0 Å². The molecule has 0 aliphatic heterocycles. The summed E-state index contributed by atoms with van der Waals surface area (Å²) >= 11 is 0. The van der Waals surface area contributed by atoms with Gasteiger partial charge in [0, 0.05) is 6.04 Å². The van der Waals surface area contributed by atoms with Crippen molar-refractivity contribution in [2.45, 2.75) is 46.2 Å². The Morgan fingerprint density at radius 3 is 2.73 bits per heavy atom. The normalized spacial score (nSPS) is 12.3. The maximum absolute atomic E-state index is 12.6. The molecule has 1 amide bonds. The fourth-order valence-corrected chi connectivity index (χ4v) is 2.92. The molecule has 0 bridgehead atoms. The summed E-state index contributed by atoms with van der Waals surface area (Å²) in [5, 5.41) is 7.03. The zero-order valence-electron chi connectivity index (χ0n) is 15.2. The number of carbonyl (C=O) groups excluding carboxylic acids is 1. The molecule has 0 radical (unpaired) electrons. The van der Waals surface area contributed by atoms with Crippen molar-refractivity contribution in [3.63, 3.8) is 0 Å². The highest BCUT2D eigenvalue weighted by molar-refractivity contribution is 5.78. The first kappa shape index (κ1) is 17.8. The van der Waals surface area contributed by atoms with Crippen molar-refractivity contribution in [2.24, 2.45) is 0 Å². The van der Waals surface area contributed by atoms with Gasteiger partial charge in [-0.05, 0) is 39.2 Å². The summed E-state index contributed by atoms with van der Waals surface area (Å²) in [4.78, 5) is 29.2. The highest BCUT2D eigenvalue weighted by atomic mass is 16.5. The number of aryl methyl sites for hydroxylation is 3. The van der Waals surface area contributed by atoms with E-state index >= 15 is 0 Å². The fourth-order valence-electron chi connectivity index (χ4n) is 2.92. The molecule has 0 aliphatic rings. The zero-order chi connectivity index (χ0) is 18.7. The Balaban J connectivity index is 1.65. The van der Waals surface area contributed by atoms with Gasteiger partial charge < -0.3 is 9.84 Å². The Hall–Kier alpha value is -2.96. The Morgan fingerprint density at radius 2 is 2.00 bits per heavy atom. The van der Waals surface area contributed by atoms with Crippen molar-refractivity contribution in [2.75, 3.05) is 0 Å². The minimum Gasteiger partial charge on any atom is -0.352 e. The van der Waals surface area contributed by atoms with Crippen LogP contribution in [0.25, 0.3) is 11.1 Å². The summed E-state index contributed by atoms with van der Waals surface area (Å²) in [6.45, 7) is 5.24. The maximum Gasteiger partial charge on any atom is 0.267 e. The molecule has 2 aromatic heterocycles. The highest BCUT2D eigenvalue weighted by Gasteiger charge is 2.17. The summed E-state index contributed by atoms with van der Waals surface area (Å²) < 4.78 is 6.39. The Labute approximate surface area is 151 Å². The van der Waals surface area contributed by atoms with Gasteiger partial charge in [0.25, 0.3) is 11.3 Å². The summed E-state index contributed by atoms with van der Waals surface area (Å²) in [6, 6.07) is 10.1. The van der Waals surface area contributed by atoms with Crippen LogP contribution in [0.3, 0.4) is 0 Å². The lowest BCUT2D eigenvalue weighted by Crippen LogP contribution is -2.38. The van der Waals surface area contributed by atoms with Crippen LogP contribution in [0.2, 0.25) is 0 Å². The maximum atomic E-state index is 12.6. The van der Waals surface area contributed by atoms with Crippen LogP contribution in [-0.4, -0.2) is 26.7 Å². The number of aromatic nitrogens is 3. The first-order valence-electron chi connectivity index (χ1n) is 8.62. The predicted octanol–water partition coefficient (Wildman–Crippen LogP) is 2.14. The lowest BCUT2D eigenvalue weighted by Gasteiger charge is -2.15. The summed E-state index contributed by atoms with van der Waals surface area (Å²) in [5.74, 6) is 0.205. The van der Waals surface area contributed by atoms with E-state index in [2.05, 4.69) is 27.6 Å². The van der Waals surface area contributed by atoms with Gasteiger partial charge in [-0.2, -0.15) is 4.98 Å². The molecule has 0 fully saturated rings. The molecular weight excluding hydrogens is 332 g/mol. The number of carbonyl (C=O) groups is 1. The van der Waals surface area contributed by atoms with Gasteiger partial charge in [-0.25, -0.2) is 0 Å². The molecule has 0 spiro atoms. The number of hydrogen-bond acceptors (Lipinski definition) is 5. The van der Waals surface area contributed by atoms with Crippen molar-refractivity contribution in [3.8, 4) is 0 Å². The second-order valence-corrected chi connectivity index (χ2v) is 6.49. The highest BCUT2D eigenvalue weighted by Crippen LogP contribution is 2.11. The quantitative estimate of drug-likeness (QED) is 0.732. The van der Waals surface area contributed by atoms with Crippen LogP contribution in [0.5, 0.6) is 0 Å². The third-order valence-corrected chi connectivity index (χ3v) is 4.38. The van der Waals surface area contributed by atoms with Crippen LogP contribution in [0.15, 0.2) is 39.6 Å². The van der Waals surface area contributed by atoms with Crippen molar-refractivity contribution in [3.05, 3.63) is 57.8 Å². The van der Waals surface area contributed by atoms with Gasteiger partial charge in [-0.1, -0.05) is 35.5 Å². The van der Waals surface area contributed by atoms with E-state index in [0.29, 0.717) is 16.9 Å². The van der Waals surface area contributed by atoms with Gasteiger partial charge in [0.15, 0.2) is 0 Å². The van der Waals surface area contributed by atoms with E-state index < -0.39 is 0 Å². The standard InChI is InChI=1S/C19H22N4O3/c1-12(9-10-15-7-5-4-6-8-15)20-16(24)11-23-14(3)21-18-17(19(23)25)13(2)22-26-18/h4-8,12H,9-11H2,1-3H3,(H,20,24)/t12-/m0/s1. The van der Waals surface area contributed by atoms with E-state index in [0.717, 1.165) is 12.8 Å². The largest absolute Gasteiger partial charge is 0.352 e. The van der Waals surface area contributed by atoms with Gasteiger partial charge in [0.1, 0.15) is 17.8 Å². The second kappa shape index (κ2) is 7.51. The van der Waals surface area contributed by atoms with Crippen LogP contribution in [0.1, 0.15) is 30.4 Å². The first-order valence-corrected chi connectivity index (χ1v) is 8.62. The minimum atomic E-state index is -0.307. The predicted molar refractivity (Wildman–Crippen MR) is 97.9 cm³/mol. The minimum absolute atomic E-state index is 0.00716.